The van der Waals surface area contributed by atoms with Crippen LogP contribution in [-0.2, 0) is 4.74 Å². The van der Waals surface area contributed by atoms with E-state index in [9.17, 15) is 4.79 Å². The smallest absolute Gasteiger partial charge is 0.410 e. The quantitative estimate of drug-likeness (QED) is 0.679. The molecule has 0 aromatic heterocycles. The van der Waals surface area contributed by atoms with Crippen LogP contribution in [0.2, 0.25) is 0 Å². The Morgan fingerprint density at radius 3 is 2.75 bits per heavy atom. The topological polar surface area (TPSA) is 49.8 Å². The lowest BCUT2D eigenvalue weighted by Gasteiger charge is -2.22. The molecule has 4 nitrogen and oxygen atoms in total. The van der Waals surface area contributed by atoms with Gasteiger partial charge in [-0.2, -0.15) is 0 Å². The van der Waals surface area contributed by atoms with Crippen molar-refractivity contribution in [2.24, 2.45) is 0 Å². The molecule has 0 aromatic carbocycles. The number of cyclic esters (lactones) is 1. The highest BCUT2D eigenvalue weighted by Gasteiger charge is 2.27. The fourth-order valence-corrected chi connectivity index (χ4v) is 1.43. The summed E-state index contributed by atoms with van der Waals surface area (Å²) < 4.78 is 4.77. The summed E-state index contributed by atoms with van der Waals surface area (Å²) in [6.07, 6.45) is -0.0219. The Kier molecular flexibility index (Phi) is 2.92. The highest BCUT2D eigenvalue weighted by molar-refractivity contribution is 5.69. The van der Waals surface area contributed by atoms with Gasteiger partial charge in [-0.15, -0.1) is 0 Å². The third-order valence-electron chi connectivity index (χ3n) is 2.01. The Balaban J connectivity index is 2.40. The number of hydrogen-bond acceptors (Lipinski definition) is 3. The Morgan fingerprint density at radius 2 is 2.33 bits per heavy atom. The molecule has 1 rings (SSSR count). The van der Waals surface area contributed by atoms with Crippen molar-refractivity contribution in [3.05, 3.63) is 0 Å². The number of amides is 1. The molecule has 70 valence electrons. The van der Waals surface area contributed by atoms with E-state index in [0.717, 1.165) is 0 Å². The number of carbonyl (C=O) groups excluding carboxylic acids is 1. The molecule has 1 aliphatic heterocycles. The van der Waals surface area contributed by atoms with Gasteiger partial charge in [-0.25, -0.2) is 4.79 Å². The second-order valence-corrected chi connectivity index (χ2v) is 3.24. The fourth-order valence-electron chi connectivity index (χ4n) is 1.43. The maximum atomic E-state index is 11.0. The Bertz CT molecular complexity index is 170. The highest BCUT2D eigenvalue weighted by atomic mass is 16.6. The van der Waals surface area contributed by atoms with Crippen LogP contribution < -0.4 is 0 Å². The summed E-state index contributed by atoms with van der Waals surface area (Å²) in [5.74, 6) is 0. The number of aliphatic hydroxyl groups is 1. The van der Waals surface area contributed by atoms with Crippen LogP contribution in [0.25, 0.3) is 0 Å². The third kappa shape index (κ3) is 2.11. The average molecular weight is 173 g/mol. The van der Waals surface area contributed by atoms with Gasteiger partial charge in [0.2, 0.25) is 0 Å². The molecule has 0 aromatic rings. The number of hydrogen-bond donors (Lipinski definition) is 1. The molecule has 1 fully saturated rings. The minimum absolute atomic E-state index is 0.0694. The SMILES string of the molecule is CC(O)CC(C)N1CCOC1=O. The monoisotopic (exact) mass is 173 g/mol. The normalized spacial score (nSPS) is 22.2. The van der Waals surface area contributed by atoms with Crippen molar-refractivity contribution in [2.75, 3.05) is 13.2 Å². The van der Waals surface area contributed by atoms with E-state index in [-0.39, 0.29) is 18.2 Å². The van der Waals surface area contributed by atoms with Crippen molar-refractivity contribution >= 4 is 6.09 Å². The van der Waals surface area contributed by atoms with Crippen LogP contribution in [0.3, 0.4) is 0 Å². The minimum Gasteiger partial charge on any atom is -0.448 e. The van der Waals surface area contributed by atoms with Crippen LogP contribution in [-0.4, -0.2) is 41.4 Å². The van der Waals surface area contributed by atoms with E-state index in [2.05, 4.69) is 0 Å². The van der Waals surface area contributed by atoms with Crippen LogP contribution >= 0.6 is 0 Å². The molecule has 2 atom stereocenters. The summed E-state index contributed by atoms with van der Waals surface area (Å²) in [5, 5.41) is 9.09. The second-order valence-electron chi connectivity index (χ2n) is 3.24. The molecular weight excluding hydrogens is 158 g/mol. The second kappa shape index (κ2) is 3.76. The molecule has 0 bridgehead atoms. The van der Waals surface area contributed by atoms with E-state index in [4.69, 9.17) is 9.84 Å². The average Bonchev–Trinajstić information content (AvgIpc) is 2.33. The number of aliphatic hydroxyl groups excluding tert-OH is 1. The van der Waals surface area contributed by atoms with E-state index >= 15 is 0 Å². The first kappa shape index (κ1) is 9.32. The van der Waals surface area contributed by atoms with Crippen LogP contribution in [0, 0.1) is 0 Å². The van der Waals surface area contributed by atoms with E-state index in [0.29, 0.717) is 19.6 Å². The Labute approximate surface area is 72.1 Å². The maximum Gasteiger partial charge on any atom is 0.410 e. The molecule has 12 heavy (non-hydrogen) atoms. The van der Waals surface area contributed by atoms with Crippen molar-refractivity contribution in [3.63, 3.8) is 0 Å². The van der Waals surface area contributed by atoms with Crippen LogP contribution in [0.1, 0.15) is 20.3 Å². The van der Waals surface area contributed by atoms with Crippen LogP contribution in [0.4, 0.5) is 4.79 Å². The Morgan fingerprint density at radius 1 is 1.67 bits per heavy atom. The first-order valence-electron chi connectivity index (χ1n) is 4.22. The first-order valence-corrected chi connectivity index (χ1v) is 4.22. The molecule has 1 N–H and O–H groups in total. The zero-order valence-corrected chi connectivity index (χ0v) is 7.49. The fraction of sp³-hybridized carbons (Fsp3) is 0.875. The van der Waals surface area contributed by atoms with Gasteiger partial charge in [-0.05, 0) is 20.3 Å². The van der Waals surface area contributed by atoms with Crippen molar-refractivity contribution in [1.29, 1.82) is 0 Å². The molecule has 0 aliphatic carbocycles. The van der Waals surface area contributed by atoms with Crippen molar-refractivity contribution < 1.29 is 14.6 Å². The van der Waals surface area contributed by atoms with Crippen molar-refractivity contribution in [2.45, 2.75) is 32.4 Å². The molecule has 1 heterocycles. The van der Waals surface area contributed by atoms with Gasteiger partial charge in [-0.1, -0.05) is 0 Å². The zero-order chi connectivity index (χ0) is 9.14. The molecule has 1 aliphatic rings. The lowest BCUT2D eigenvalue weighted by Crippen LogP contribution is -2.35. The summed E-state index contributed by atoms with van der Waals surface area (Å²) >= 11 is 0. The largest absolute Gasteiger partial charge is 0.448 e. The van der Waals surface area contributed by atoms with Gasteiger partial charge in [-0.3, -0.25) is 0 Å². The van der Waals surface area contributed by atoms with Crippen LogP contribution in [0.15, 0.2) is 0 Å². The van der Waals surface area contributed by atoms with E-state index in [1.807, 2.05) is 6.92 Å². The molecule has 0 radical (unpaired) electrons. The molecule has 1 amide bonds. The Hall–Kier alpha value is -0.770. The number of carbonyl (C=O) groups is 1. The highest BCUT2D eigenvalue weighted by Crippen LogP contribution is 2.12. The predicted molar refractivity (Wildman–Crippen MR) is 43.8 cm³/mol. The molecule has 4 heteroatoms. The lowest BCUT2D eigenvalue weighted by atomic mass is 10.1. The van der Waals surface area contributed by atoms with Gasteiger partial charge in [0.1, 0.15) is 6.61 Å². The third-order valence-corrected chi connectivity index (χ3v) is 2.01. The predicted octanol–water partition coefficient (Wildman–Crippen LogP) is 0.598. The van der Waals surface area contributed by atoms with Gasteiger partial charge >= 0.3 is 6.09 Å². The molecule has 1 saturated heterocycles. The number of rotatable bonds is 3. The lowest BCUT2D eigenvalue weighted by molar-refractivity contribution is 0.124. The summed E-state index contributed by atoms with van der Waals surface area (Å²) in [7, 11) is 0. The van der Waals surface area contributed by atoms with Gasteiger partial charge in [0, 0.05) is 6.04 Å². The number of ether oxygens (including phenoxy) is 1. The zero-order valence-electron chi connectivity index (χ0n) is 7.49. The molecule has 0 saturated carbocycles. The molecule has 0 spiro atoms. The summed E-state index contributed by atoms with van der Waals surface area (Å²) in [5.41, 5.74) is 0. The number of nitrogens with zero attached hydrogens (tertiary/aromatic N) is 1. The van der Waals surface area contributed by atoms with Gasteiger partial charge in [0.15, 0.2) is 0 Å². The first-order chi connectivity index (χ1) is 5.61. The van der Waals surface area contributed by atoms with Crippen molar-refractivity contribution in [1.82, 2.24) is 4.90 Å². The molecular formula is C8H15NO3. The van der Waals surface area contributed by atoms with Crippen LogP contribution in [0.5, 0.6) is 0 Å². The molecule has 2 unspecified atom stereocenters. The van der Waals surface area contributed by atoms with E-state index < -0.39 is 0 Å². The van der Waals surface area contributed by atoms with Gasteiger partial charge < -0.3 is 14.7 Å². The maximum absolute atomic E-state index is 11.0. The van der Waals surface area contributed by atoms with Gasteiger partial charge in [0.25, 0.3) is 0 Å². The van der Waals surface area contributed by atoms with E-state index in [1.165, 1.54) is 0 Å². The standard InChI is InChI=1S/C8H15NO3/c1-6(5-7(2)10)9-3-4-12-8(9)11/h6-7,10H,3-5H2,1-2H3. The summed E-state index contributed by atoms with van der Waals surface area (Å²) in [4.78, 5) is 12.7. The minimum atomic E-state index is -0.367. The van der Waals surface area contributed by atoms with Gasteiger partial charge in [0.05, 0.1) is 12.6 Å². The van der Waals surface area contributed by atoms with E-state index in [1.54, 1.807) is 11.8 Å². The summed E-state index contributed by atoms with van der Waals surface area (Å²) in [6.45, 7) is 4.76. The summed E-state index contributed by atoms with van der Waals surface area (Å²) in [6, 6.07) is 0.0694. The van der Waals surface area contributed by atoms with Crippen molar-refractivity contribution in [3.8, 4) is 0 Å².